The third-order valence-electron chi connectivity index (χ3n) is 5.92. The average Bonchev–Trinajstić information content (AvgIpc) is 3.40. The maximum absolute atomic E-state index is 12.8. The monoisotopic (exact) mass is 403 g/mol. The molecular formula is C23H25N5O2. The van der Waals surface area contributed by atoms with E-state index in [2.05, 4.69) is 37.5 Å². The number of pyridine rings is 1. The minimum absolute atomic E-state index is 0.0205. The van der Waals surface area contributed by atoms with Crippen LogP contribution in [0.4, 0.5) is 5.69 Å². The first kappa shape index (κ1) is 19.0. The third-order valence-corrected chi connectivity index (χ3v) is 5.92. The first-order chi connectivity index (χ1) is 14.8. The van der Waals surface area contributed by atoms with Crippen LogP contribution in [0.25, 0.3) is 11.1 Å². The lowest BCUT2D eigenvalue weighted by Crippen LogP contribution is -2.35. The number of ether oxygens (including phenoxy) is 1. The van der Waals surface area contributed by atoms with Crippen molar-refractivity contribution in [1.29, 1.82) is 0 Å². The molecule has 30 heavy (non-hydrogen) atoms. The summed E-state index contributed by atoms with van der Waals surface area (Å²) in [7, 11) is 0. The van der Waals surface area contributed by atoms with Crippen LogP contribution >= 0.6 is 0 Å². The van der Waals surface area contributed by atoms with Gasteiger partial charge in [-0.25, -0.2) is 0 Å². The number of nitrogens with one attached hydrogen (secondary N) is 2. The Balaban J connectivity index is 1.20. The topological polar surface area (TPSA) is 83.1 Å². The third kappa shape index (κ3) is 4.13. The molecule has 7 heteroatoms. The van der Waals surface area contributed by atoms with Gasteiger partial charge in [-0.3, -0.25) is 19.8 Å². The number of benzene rings is 1. The summed E-state index contributed by atoms with van der Waals surface area (Å²) in [6, 6.07) is 10.2. The second kappa shape index (κ2) is 8.38. The van der Waals surface area contributed by atoms with E-state index in [0.29, 0.717) is 0 Å². The van der Waals surface area contributed by atoms with E-state index < -0.39 is 0 Å². The van der Waals surface area contributed by atoms with Gasteiger partial charge in [0, 0.05) is 55.4 Å². The molecular weight excluding hydrogens is 378 g/mol. The molecule has 1 aliphatic heterocycles. The Labute approximate surface area is 175 Å². The van der Waals surface area contributed by atoms with Gasteiger partial charge < -0.3 is 10.1 Å². The molecule has 2 unspecified atom stereocenters. The summed E-state index contributed by atoms with van der Waals surface area (Å²) in [4.78, 5) is 19.4. The van der Waals surface area contributed by atoms with Crippen molar-refractivity contribution >= 4 is 11.6 Å². The number of hydrogen-bond donors (Lipinski definition) is 2. The number of morpholine rings is 1. The van der Waals surface area contributed by atoms with Crippen LogP contribution in [-0.2, 0) is 16.1 Å². The molecule has 5 rings (SSSR count). The Kier molecular flexibility index (Phi) is 5.29. The van der Waals surface area contributed by atoms with Gasteiger partial charge in [0.1, 0.15) is 0 Å². The van der Waals surface area contributed by atoms with Crippen LogP contribution in [0.1, 0.15) is 23.5 Å². The number of carbonyl (C=O) groups is 1. The quantitative estimate of drug-likeness (QED) is 0.661. The lowest BCUT2D eigenvalue weighted by molar-refractivity contribution is -0.117. The van der Waals surface area contributed by atoms with Gasteiger partial charge in [-0.2, -0.15) is 5.10 Å². The standard InChI is InChI=1S/C23H25N5O2/c29-23(27-18-3-1-16(2-4-18)15-28-7-9-30-10-8-28)21-11-20(21)22-14-24-6-5-19(22)17-12-25-26-13-17/h1-6,12-14,20-21H,7-11,15H2,(H,25,26)(H,27,29). The number of H-pyrrole nitrogens is 1. The summed E-state index contributed by atoms with van der Waals surface area (Å²) in [6.07, 6.45) is 8.17. The predicted octanol–water partition coefficient (Wildman–Crippen LogP) is 3.05. The van der Waals surface area contributed by atoms with Crippen LogP contribution in [0.5, 0.6) is 0 Å². The molecule has 0 bridgehead atoms. The fraction of sp³-hybridized carbons (Fsp3) is 0.348. The highest BCUT2D eigenvalue weighted by Crippen LogP contribution is 2.50. The Bertz CT molecular complexity index is 997. The number of rotatable bonds is 6. The van der Waals surface area contributed by atoms with Crippen LogP contribution in [0.2, 0.25) is 0 Å². The van der Waals surface area contributed by atoms with Crippen LogP contribution < -0.4 is 5.32 Å². The van der Waals surface area contributed by atoms with Crippen molar-refractivity contribution < 1.29 is 9.53 Å². The highest BCUT2D eigenvalue weighted by atomic mass is 16.5. The minimum Gasteiger partial charge on any atom is -0.379 e. The molecule has 2 aromatic heterocycles. The number of hydrogen-bond acceptors (Lipinski definition) is 5. The molecule has 7 nitrogen and oxygen atoms in total. The molecule has 1 saturated carbocycles. The minimum atomic E-state index is -0.0205. The molecule has 154 valence electrons. The predicted molar refractivity (Wildman–Crippen MR) is 114 cm³/mol. The van der Waals surface area contributed by atoms with E-state index >= 15 is 0 Å². The lowest BCUT2D eigenvalue weighted by Gasteiger charge is -2.26. The first-order valence-corrected chi connectivity index (χ1v) is 10.4. The van der Waals surface area contributed by atoms with Gasteiger partial charge in [-0.15, -0.1) is 0 Å². The fourth-order valence-electron chi connectivity index (χ4n) is 4.14. The molecule has 3 heterocycles. The van der Waals surface area contributed by atoms with E-state index in [9.17, 15) is 4.79 Å². The normalized spacial score (nSPS) is 21.3. The molecule has 0 radical (unpaired) electrons. The summed E-state index contributed by atoms with van der Waals surface area (Å²) in [5, 5.41) is 9.97. The average molecular weight is 403 g/mol. The smallest absolute Gasteiger partial charge is 0.228 e. The molecule has 2 fully saturated rings. The summed E-state index contributed by atoms with van der Waals surface area (Å²) in [5.41, 5.74) is 5.32. The lowest BCUT2D eigenvalue weighted by atomic mass is 10.0. The Morgan fingerprint density at radius 2 is 2.00 bits per heavy atom. The molecule has 2 atom stereocenters. The number of carbonyl (C=O) groups excluding carboxylic acids is 1. The van der Waals surface area contributed by atoms with Crippen molar-refractivity contribution in [2.24, 2.45) is 5.92 Å². The van der Waals surface area contributed by atoms with Crippen LogP contribution in [-0.4, -0.2) is 52.3 Å². The zero-order valence-corrected chi connectivity index (χ0v) is 16.8. The van der Waals surface area contributed by atoms with Crippen LogP contribution in [0.3, 0.4) is 0 Å². The van der Waals surface area contributed by atoms with Crippen LogP contribution in [0.15, 0.2) is 55.1 Å². The fourth-order valence-corrected chi connectivity index (χ4v) is 4.14. The second-order valence-corrected chi connectivity index (χ2v) is 7.97. The van der Waals surface area contributed by atoms with Crippen molar-refractivity contribution in [2.75, 3.05) is 31.6 Å². The van der Waals surface area contributed by atoms with E-state index in [0.717, 1.165) is 61.6 Å². The maximum atomic E-state index is 12.8. The van der Waals surface area contributed by atoms with Crippen molar-refractivity contribution in [1.82, 2.24) is 20.1 Å². The van der Waals surface area contributed by atoms with Gasteiger partial charge in [0.25, 0.3) is 0 Å². The molecule has 2 aliphatic rings. The summed E-state index contributed by atoms with van der Waals surface area (Å²) < 4.78 is 5.40. The van der Waals surface area contributed by atoms with Crippen molar-refractivity contribution in [3.05, 3.63) is 66.2 Å². The number of aromatic amines is 1. The van der Waals surface area contributed by atoms with Gasteiger partial charge in [0.2, 0.25) is 5.91 Å². The van der Waals surface area contributed by atoms with E-state index in [1.807, 2.05) is 30.6 Å². The van der Waals surface area contributed by atoms with E-state index in [1.54, 1.807) is 12.4 Å². The highest BCUT2D eigenvalue weighted by molar-refractivity contribution is 5.95. The van der Waals surface area contributed by atoms with Gasteiger partial charge >= 0.3 is 0 Å². The maximum Gasteiger partial charge on any atom is 0.228 e. The first-order valence-electron chi connectivity index (χ1n) is 10.4. The van der Waals surface area contributed by atoms with E-state index in [1.165, 1.54) is 5.56 Å². The SMILES string of the molecule is O=C(Nc1ccc(CN2CCOCC2)cc1)C1CC1c1cnccc1-c1cn[nH]c1. The zero-order valence-electron chi connectivity index (χ0n) is 16.8. The Hall–Kier alpha value is -3.03. The van der Waals surface area contributed by atoms with Gasteiger partial charge in [0.05, 0.1) is 19.4 Å². The molecule has 2 N–H and O–H groups in total. The molecule has 1 aromatic carbocycles. The molecule has 1 aliphatic carbocycles. The number of anilines is 1. The van der Waals surface area contributed by atoms with Crippen LogP contribution in [0, 0.1) is 5.92 Å². The molecule has 1 amide bonds. The molecule has 1 saturated heterocycles. The van der Waals surface area contributed by atoms with Gasteiger partial charge in [-0.1, -0.05) is 12.1 Å². The summed E-state index contributed by atoms with van der Waals surface area (Å²) >= 11 is 0. The van der Waals surface area contributed by atoms with Crippen molar-refractivity contribution in [3.8, 4) is 11.1 Å². The largest absolute Gasteiger partial charge is 0.379 e. The van der Waals surface area contributed by atoms with E-state index in [-0.39, 0.29) is 17.7 Å². The van der Waals surface area contributed by atoms with Crippen molar-refractivity contribution in [3.63, 3.8) is 0 Å². The molecule has 3 aromatic rings. The van der Waals surface area contributed by atoms with Gasteiger partial charge in [0.15, 0.2) is 0 Å². The summed E-state index contributed by atoms with van der Waals surface area (Å²) in [6.45, 7) is 4.46. The zero-order chi connectivity index (χ0) is 20.3. The number of aromatic nitrogens is 3. The highest BCUT2D eigenvalue weighted by Gasteiger charge is 2.45. The Morgan fingerprint density at radius 3 is 2.77 bits per heavy atom. The number of amides is 1. The number of nitrogens with zero attached hydrogens (tertiary/aromatic N) is 3. The van der Waals surface area contributed by atoms with E-state index in [4.69, 9.17) is 4.74 Å². The second-order valence-electron chi connectivity index (χ2n) is 7.97. The van der Waals surface area contributed by atoms with Crippen molar-refractivity contribution in [2.45, 2.75) is 18.9 Å². The summed E-state index contributed by atoms with van der Waals surface area (Å²) in [5.74, 6) is 0.250. The molecule has 0 spiro atoms. The Morgan fingerprint density at radius 1 is 1.17 bits per heavy atom. The van der Waals surface area contributed by atoms with Gasteiger partial charge in [-0.05, 0) is 47.2 Å².